The standard InChI is InChI=1S/C28H32Si/c1-5-6-7-14-19-28(25-21-20-23(2)24(3)22-25)29(4,26-15-10-8-11-16-26)27-17-12-9-13-18-27/h8-13,15-18,20-22,28H,5-7H2,1-4H3. The zero-order chi connectivity index (χ0) is 20.7. The highest BCUT2D eigenvalue weighted by Gasteiger charge is 2.40. The summed E-state index contributed by atoms with van der Waals surface area (Å²) in [4.78, 5) is 0. The lowest BCUT2D eigenvalue weighted by Crippen LogP contribution is -2.60. The van der Waals surface area contributed by atoms with Gasteiger partial charge in [0.05, 0.1) is 0 Å². The van der Waals surface area contributed by atoms with E-state index in [1.54, 1.807) is 0 Å². The van der Waals surface area contributed by atoms with Gasteiger partial charge in [-0.05, 0) is 37.0 Å². The number of hydrogen-bond acceptors (Lipinski definition) is 0. The van der Waals surface area contributed by atoms with E-state index in [4.69, 9.17) is 0 Å². The van der Waals surface area contributed by atoms with E-state index in [9.17, 15) is 0 Å². The highest BCUT2D eigenvalue weighted by Crippen LogP contribution is 2.28. The lowest BCUT2D eigenvalue weighted by Gasteiger charge is -2.35. The van der Waals surface area contributed by atoms with Gasteiger partial charge >= 0.3 is 0 Å². The average Bonchev–Trinajstić information content (AvgIpc) is 2.77. The van der Waals surface area contributed by atoms with E-state index in [0.717, 1.165) is 6.42 Å². The summed E-state index contributed by atoms with van der Waals surface area (Å²) < 4.78 is 0. The van der Waals surface area contributed by atoms with E-state index in [2.05, 4.69) is 118 Å². The average molecular weight is 397 g/mol. The Bertz CT molecular complexity index is 938. The largest absolute Gasteiger partial charge is 0.134 e. The fourth-order valence-electron chi connectivity index (χ4n) is 4.01. The molecule has 0 spiro atoms. The molecule has 0 amide bonds. The zero-order valence-electron chi connectivity index (χ0n) is 18.2. The van der Waals surface area contributed by atoms with E-state index in [0.29, 0.717) is 0 Å². The van der Waals surface area contributed by atoms with E-state index < -0.39 is 8.07 Å². The molecule has 1 atom stereocenters. The number of rotatable bonds is 6. The topological polar surface area (TPSA) is 0 Å². The minimum Gasteiger partial charge on any atom is -0.103 e. The molecule has 0 saturated heterocycles. The Morgan fingerprint density at radius 2 is 1.38 bits per heavy atom. The Balaban J connectivity index is 2.21. The van der Waals surface area contributed by atoms with Crippen LogP contribution in [-0.4, -0.2) is 8.07 Å². The van der Waals surface area contributed by atoms with E-state index >= 15 is 0 Å². The van der Waals surface area contributed by atoms with Gasteiger partial charge in [-0.15, -0.1) is 5.92 Å². The number of hydrogen-bond donors (Lipinski definition) is 0. The van der Waals surface area contributed by atoms with Gasteiger partial charge in [-0.25, -0.2) is 0 Å². The minimum absolute atomic E-state index is 0.225. The molecule has 3 aromatic carbocycles. The van der Waals surface area contributed by atoms with Gasteiger partial charge in [-0.2, -0.15) is 0 Å². The van der Waals surface area contributed by atoms with Crippen molar-refractivity contribution < 1.29 is 0 Å². The van der Waals surface area contributed by atoms with Crippen LogP contribution in [-0.2, 0) is 0 Å². The lowest BCUT2D eigenvalue weighted by molar-refractivity contribution is 0.827. The van der Waals surface area contributed by atoms with Crippen LogP contribution in [0.15, 0.2) is 78.9 Å². The fourth-order valence-corrected chi connectivity index (χ4v) is 8.02. The first kappa shape index (κ1) is 21.2. The third-order valence-electron chi connectivity index (χ3n) is 6.09. The van der Waals surface area contributed by atoms with Crippen LogP contribution < -0.4 is 10.4 Å². The summed E-state index contributed by atoms with van der Waals surface area (Å²) in [6.07, 6.45) is 3.34. The molecule has 148 valence electrons. The molecule has 0 heterocycles. The summed E-state index contributed by atoms with van der Waals surface area (Å²) in [5.41, 5.74) is 4.27. The molecule has 0 aliphatic heterocycles. The first-order valence-corrected chi connectivity index (χ1v) is 13.3. The molecule has 0 saturated carbocycles. The van der Waals surface area contributed by atoms with Gasteiger partial charge < -0.3 is 0 Å². The molecular formula is C28H32Si. The van der Waals surface area contributed by atoms with Gasteiger partial charge in [0.25, 0.3) is 0 Å². The molecule has 3 aromatic rings. The van der Waals surface area contributed by atoms with Crippen molar-refractivity contribution in [3.8, 4) is 11.8 Å². The predicted octanol–water partition coefficient (Wildman–Crippen LogP) is 6.01. The Labute approximate surface area is 178 Å². The Hall–Kier alpha value is -2.56. The van der Waals surface area contributed by atoms with Crippen molar-refractivity contribution in [2.75, 3.05) is 0 Å². The molecule has 3 rings (SSSR count). The molecule has 0 radical (unpaired) electrons. The van der Waals surface area contributed by atoms with Crippen LogP contribution in [0.2, 0.25) is 6.55 Å². The molecule has 29 heavy (non-hydrogen) atoms. The predicted molar refractivity (Wildman–Crippen MR) is 130 cm³/mol. The van der Waals surface area contributed by atoms with Crippen LogP contribution in [0, 0.1) is 25.7 Å². The molecule has 1 heteroatoms. The second kappa shape index (κ2) is 9.77. The summed E-state index contributed by atoms with van der Waals surface area (Å²) >= 11 is 0. The molecule has 0 bridgehead atoms. The van der Waals surface area contributed by atoms with Crippen LogP contribution in [0.3, 0.4) is 0 Å². The molecule has 0 fully saturated rings. The summed E-state index contributed by atoms with van der Waals surface area (Å²) in [5, 5.41) is 2.89. The molecule has 0 aromatic heterocycles. The maximum atomic E-state index is 3.77. The maximum absolute atomic E-state index is 3.77. The molecule has 0 aliphatic carbocycles. The first-order chi connectivity index (χ1) is 14.1. The van der Waals surface area contributed by atoms with Crippen molar-refractivity contribution >= 4 is 18.4 Å². The number of benzene rings is 3. The third kappa shape index (κ3) is 4.71. The minimum atomic E-state index is -2.15. The highest BCUT2D eigenvalue weighted by atomic mass is 28.3. The van der Waals surface area contributed by atoms with Gasteiger partial charge in [0.1, 0.15) is 8.07 Å². The number of aryl methyl sites for hydroxylation is 2. The number of unbranched alkanes of at least 4 members (excludes halogenated alkanes) is 2. The van der Waals surface area contributed by atoms with Crippen molar-refractivity contribution in [3.05, 3.63) is 95.6 Å². The summed E-state index contributed by atoms with van der Waals surface area (Å²) in [6.45, 7) is 9.12. The fraction of sp³-hybridized carbons (Fsp3) is 0.286. The smallest absolute Gasteiger partial charge is 0.103 e. The van der Waals surface area contributed by atoms with Crippen LogP contribution in [0.25, 0.3) is 0 Å². The van der Waals surface area contributed by atoms with Gasteiger partial charge in [0.2, 0.25) is 0 Å². The lowest BCUT2D eigenvalue weighted by atomic mass is 10.0. The molecule has 0 aliphatic rings. The van der Waals surface area contributed by atoms with Crippen LogP contribution in [0.4, 0.5) is 0 Å². The maximum Gasteiger partial charge on any atom is 0.134 e. The van der Waals surface area contributed by atoms with E-state index in [-0.39, 0.29) is 5.54 Å². The van der Waals surface area contributed by atoms with E-state index in [1.807, 2.05) is 0 Å². The summed E-state index contributed by atoms with van der Waals surface area (Å²) in [6, 6.07) is 29.1. The van der Waals surface area contributed by atoms with Gasteiger partial charge in [-0.3, -0.25) is 0 Å². The quantitative estimate of drug-likeness (QED) is 0.272. The Kier molecular flexibility index (Phi) is 7.12. The van der Waals surface area contributed by atoms with Gasteiger partial charge in [-0.1, -0.05) is 115 Å². The zero-order valence-corrected chi connectivity index (χ0v) is 19.2. The SMILES string of the molecule is CCCCC#CC(c1ccc(C)c(C)c1)[Si](C)(c1ccccc1)c1ccccc1. The van der Waals surface area contributed by atoms with Crippen molar-refractivity contribution in [3.63, 3.8) is 0 Å². The molecule has 1 unspecified atom stereocenters. The molecule has 0 nitrogen and oxygen atoms in total. The monoisotopic (exact) mass is 396 g/mol. The molecular weight excluding hydrogens is 364 g/mol. The Morgan fingerprint density at radius 1 is 0.793 bits per heavy atom. The third-order valence-corrected chi connectivity index (χ3v) is 10.8. The first-order valence-electron chi connectivity index (χ1n) is 10.7. The Morgan fingerprint density at radius 3 is 1.90 bits per heavy atom. The van der Waals surface area contributed by atoms with E-state index in [1.165, 1.54) is 39.9 Å². The van der Waals surface area contributed by atoms with Crippen LogP contribution in [0.5, 0.6) is 0 Å². The second-order valence-electron chi connectivity index (χ2n) is 8.14. The molecule has 0 N–H and O–H groups in total. The summed E-state index contributed by atoms with van der Waals surface area (Å²) in [7, 11) is -2.15. The van der Waals surface area contributed by atoms with Crippen molar-refractivity contribution in [2.24, 2.45) is 0 Å². The van der Waals surface area contributed by atoms with Crippen LogP contribution >= 0.6 is 0 Å². The van der Waals surface area contributed by atoms with Crippen molar-refractivity contribution in [1.82, 2.24) is 0 Å². The van der Waals surface area contributed by atoms with Gasteiger partial charge in [0.15, 0.2) is 0 Å². The summed E-state index contributed by atoms with van der Waals surface area (Å²) in [5.74, 6) is 7.32. The normalized spacial score (nSPS) is 12.1. The highest BCUT2D eigenvalue weighted by molar-refractivity contribution is 7.02. The van der Waals surface area contributed by atoms with Gasteiger partial charge in [0, 0.05) is 12.0 Å². The van der Waals surface area contributed by atoms with Crippen LogP contribution in [0.1, 0.15) is 48.4 Å². The van der Waals surface area contributed by atoms with Crippen molar-refractivity contribution in [2.45, 2.75) is 52.1 Å². The van der Waals surface area contributed by atoms with Crippen molar-refractivity contribution in [1.29, 1.82) is 0 Å². The second-order valence-corrected chi connectivity index (χ2v) is 12.3.